The zero-order valence-corrected chi connectivity index (χ0v) is 17.4. The van der Waals surface area contributed by atoms with Crippen LogP contribution in [0.4, 0.5) is 5.13 Å². The van der Waals surface area contributed by atoms with Crippen LogP contribution < -0.4 is 5.32 Å². The van der Waals surface area contributed by atoms with E-state index in [1.54, 1.807) is 24.3 Å². The van der Waals surface area contributed by atoms with E-state index in [2.05, 4.69) is 31.4 Å². The molecule has 1 atom stereocenters. The molecule has 0 spiro atoms. The highest BCUT2D eigenvalue weighted by atomic mass is 79.9. The smallest absolute Gasteiger partial charge is 0.244 e. The van der Waals surface area contributed by atoms with Gasteiger partial charge < -0.3 is 0 Å². The van der Waals surface area contributed by atoms with Gasteiger partial charge in [-0.15, -0.1) is 10.2 Å². The highest BCUT2D eigenvalue weighted by Crippen LogP contribution is 2.27. The number of aromatic nitrogens is 2. The summed E-state index contributed by atoms with van der Waals surface area (Å²) in [6, 6.07) is 5.70. The Morgan fingerprint density at radius 3 is 2.69 bits per heavy atom. The Morgan fingerprint density at radius 1 is 1.31 bits per heavy atom. The van der Waals surface area contributed by atoms with Crippen LogP contribution in [0.25, 0.3) is 0 Å². The zero-order chi connectivity index (χ0) is 18.7. The molecule has 0 bridgehead atoms. The maximum absolute atomic E-state index is 13.0. The third-order valence-corrected chi connectivity index (χ3v) is 7.61. The molecule has 1 N–H and O–H groups in total. The molecule has 140 valence electrons. The van der Waals surface area contributed by atoms with E-state index in [0.717, 1.165) is 28.7 Å². The third-order valence-electron chi connectivity index (χ3n) is 4.18. The molecule has 0 saturated carbocycles. The lowest BCUT2D eigenvalue weighted by atomic mass is 10.0. The Labute approximate surface area is 165 Å². The molecule has 3 rings (SSSR count). The molecule has 1 aromatic carbocycles. The molecule has 2 aromatic rings. The number of hydrogen-bond acceptors (Lipinski definition) is 6. The first-order valence-electron chi connectivity index (χ1n) is 8.32. The number of piperidine rings is 1. The molecule has 10 heteroatoms. The van der Waals surface area contributed by atoms with Gasteiger partial charge in [0.05, 0.1) is 4.90 Å². The summed E-state index contributed by atoms with van der Waals surface area (Å²) < 4.78 is 28.1. The highest BCUT2D eigenvalue weighted by molar-refractivity contribution is 9.10. The van der Waals surface area contributed by atoms with Crippen LogP contribution in [-0.2, 0) is 21.2 Å². The second kappa shape index (κ2) is 8.12. The van der Waals surface area contributed by atoms with Crippen molar-refractivity contribution in [3.05, 3.63) is 33.7 Å². The van der Waals surface area contributed by atoms with Crippen molar-refractivity contribution < 1.29 is 13.2 Å². The molecule has 1 amide bonds. The Morgan fingerprint density at radius 2 is 2.04 bits per heavy atom. The van der Waals surface area contributed by atoms with Gasteiger partial charge >= 0.3 is 0 Å². The predicted molar refractivity (Wildman–Crippen MR) is 104 cm³/mol. The molecule has 1 saturated heterocycles. The molecule has 0 aliphatic carbocycles. The molecule has 1 aliphatic rings. The van der Waals surface area contributed by atoms with E-state index in [-0.39, 0.29) is 10.8 Å². The number of amides is 1. The van der Waals surface area contributed by atoms with Gasteiger partial charge in [0, 0.05) is 11.0 Å². The van der Waals surface area contributed by atoms with Gasteiger partial charge in [0.2, 0.25) is 21.1 Å². The van der Waals surface area contributed by atoms with Gasteiger partial charge in [-0.2, -0.15) is 4.31 Å². The summed E-state index contributed by atoms with van der Waals surface area (Å²) in [7, 11) is -3.75. The quantitative estimate of drug-likeness (QED) is 0.742. The zero-order valence-electron chi connectivity index (χ0n) is 14.2. The number of carbonyl (C=O) groups excluding carboxylic acids is 1. The van der Waals surface area contributed by atoms with Gasteiger partial charge in [-0.3, -0.25) is 10.1 Å². The average molecular weight is 459 g/mol. The van der Waals surface area contributed by atoms with Crippen molar-refractivity contribution >= 4 is 48.3 Å². The Balaban J connectivity index is 1.82. The number of anilines is 1. The number of nitrogens with one attached hydrogen (secondary N) is 1. The molecular weight excluding hydrogens is 440 g/mol. The van der Waals surface area contributed by atoms with Crippen molar-refractivity contribution in [3.63, 3.8) is 0 Å². The average Bonchev–Trinajstić information content (AvgIpc) is 3.09. The first-order chi connectivity index (χ1) is 12.4. The first-order valence-corrected chi connectivity index (χ1v) is 11.4. The van der Waals surface area contributed by atoms with Gasteiger partial charge in [0.25, 0.3) is 0 Å². The fraction of sp³-hybridized carbons (Fsp3) is 0.438. The minimum atomic E-state index is -3.75. The SMILES string of the molecule is CCc1nnc(NC(=O)C2CCCCN2S(=O)(=O)c2ccc(Br)cc2)s1. The first kappa shape index (κ1) is 19.4. The molecule has 2 heterocycles. The second-order valence-corrected chi connectivity index (χ2v) is 9.79. The van der Waals surface area contributed by atoms with E-state index in [1.165, 1.54) is 15.6 Å². The summed E-state index contributed by atoms with van der Waals surface area (Å²) in [6.45, 7) is 2.28. The summed E-state index contributed by atoms with van der Waals surface area (Å²) in [6.07, 6.45) is 2.77. The van der Waals surface area contributed by atoms with Crippen molar-refractivity contribution in [1.29, 1.82) is 0 Å². The highest BCUT2D eigenvalue weighted by Gasteiger charge is 2.37. The largest absolute Gasteiger partial charge is 0.299 e. The lowest BCUT2D eigenvalue weighted by molar-refractivity contribution is -0.120. The van der Waals surface area contributed by atoms with Crippen LogP contribution in [-0.4, -0.2) is 41.4 Å². The minimum absolute atomic E-state index is 0.185. The number of rotatable bonds is 5. The van der Waals surface area contributed by atoms with Crippen LogP contribution in [0.2, 0.25) is 0 Å². The second-order valence-electron chi connectivity index (χ2n) is 5.93. The maximum atomic E-state index is 13.0. The molecule has 7 nitrogen and oxygen atoms in total. The van der Waals surface area contributed by atoms with Gasteiger partial charge in [-0.25, -0.2) is 8.42 Å². The lowest BCUT2D eigenvalue weighted by Gasteiger charge is -2.33. The van der Waals surface area contributed by atoms with Crippen molar-refractivity contribution in [2.75, 3.05) is 11.9 Å². The normalized spacial score (nSPS) is 18.6. The number of nitrogens with zero attached hydrogens (tertiary/aromatic N) is 3. The third kappa shape index (κ3) is 4.13. The summed E-state index contributed by atoms with van der Waals surface area (Å²) in [4.78, 5) is 12.9. The molecule has 1 unspecified atom stereocenters. The fourth-order valence-corrected chi connectivity index (χ4v) is 5.44. The van der Waals surface area contributed by atoms with Crippen LogP contribution >= 0.6 is 27.3 Å². The van der Waals surface area contributed by atoms with E-state index in [0.29, 0.717) is 18.1 Å². The molecule has 26 heavy (non-hydrogen) atoms. The van der Waals surface area contributed by atoms with Crippen LogP contribution in [0, 0.1) is 0 Å². The number of carbonyl (C=O) groups is 1. The van der Waals surface area contributed by atoms with Gasteiger partial charge in [0.1, 0.15) is 11.0 Å². The summed E-state index contributed by atoms with van der Waals surface area (Å²) in [5, 5.41) is 11.9. The Kier molecular flexibility index (Phi) is 6.06. The van der Waals surface area contributed by atoms with Gasteiger partial charge in [-0.05, 0) is 43.5 Å². The van der Waals surface area contributed by atoms with Crippen molar-refractivity contribution in [3.8, 4) is 0 Å². The number of aryl methyl sites for hydroxylation is 1. The molecule has 0 radical (unpaired) electrons. The predicted octanol–water partition coefficient (Wildman–Crippen LogP) is 3.04. The standard InChI is InChI=1S/C16H19BrN4O3S2/c1-2-14-19-20-16(25-14)18-15(22)13-5-3-4-10-21(13)26(23,24)12-8-6-11(17)7-9-12/h6-9,13H,2-5,10H2,1H3,(H,18,20,22). The van der Waals surface area contributed by atoms with Crippen LogP contribution in [0.15, 0.2) is 33.6 Å². The van der Waals surface area contributed by atoms with E-state index in [4.69, 9.17) is 0 Å². The topological polar surface area (TPSA) is 92.3 Å². The number of halogens is 1. The van der Waals surface area contributed by atoms with E-state index in [9.17, 15) is 13.2 Å². The van der Waals surface area contributed by atoms with Crippen LogP contribution in [0.5, 0.6) is 0 Å². The minimum Gasteiger partial charge on any atom is -0.299 e. The van der Waals surface area contributed by atoms with E-state index >= 15 is 0 Å². The van der Waals surface area contributed by atoms with Crippen molar-refractivity contribution in [2.45, 2.75) is 43.5 Å². The molecule has 1 fully saturated rings. The fourth-order valence-electron chi connectivity index (χ4n) is 2.83. The van der Waals surface area contributed by atoms with Crippen molar-refractivity contribution in [1.82, 2.24) is 14.5 Å². The molecule has 1 aliphatic heterocycles. The molecule has 1 aromatic heterocycles. The summed E-state index contributed by atoms with van der Waals surface area (Å²) in [5.74, 6) is -0.357. The number of benzene rings is 1. The lowest BCUT2D eigenvalue weighted by Crippen LogP contribution is -2.49. The van der Waals surface area contributed by atoms with E-state index < -0.39 is 16.1 Å². The molecular formula is C16H19BrN4O3S2. The van der Waals surface area contributed by atoms with Gasteiger partial charge in [0.15, 0.2) is 0 Å². The number of hydrogen-bond donors (Lipinski definition) is 1. The van der Waals surface area contributed by atoms with Gasteiger partial charge in [-0.1, -0.05) is 40.6 Å². The Hall–Kier alpha value is -1.36. The monoisotopic (exact) mass is 458 g/mol. The Bertz CT molecular complexity index is 883. The van der Waals surface area contributed by atoms with Crippen molar-refractivity contribution in [2.24, 2.45) is 0 Å². The van der Waals surface area contributed by atoms with Crippen LogP contribution in [0.1, 0.15) is 31.2 Å². The van der Waals surface area contributed by atoms with E-state index in [1.807, 2.05) is 6.92 Å². The maximum Gasteiger partial charge on any atom is 0.244 e. The van der Waals surface area contributed by atoms with Crippen LogP contribution in [0.3, 0.4) is 0 Å². The number of sulfonamides is 1. The summed E-state index contributed by atoms with van der Waals surface area (Å²) >= 11 is 4.61. The summed E-state index contributed by atoms with van der Waals surface area (Å²) in [5.41, 5.74) is 0.